The molecule has 1 aliphatic rings. The summed E-state index contributed by atoms with van der Waals surface area (Å²) in [6.07, 6.45) is 2.05. The molecule has 0 saturated heterocycles. The molecule has 1 aromatic rings. The number of nitro groups is 1. The molecule has 2 N–H and O–H groups in total. The van der Waals surface area contributed by atoms with Crippen LogP contribution in [0.2, 0.25) is 0 Å². The molecule has 0 atom stereocenters. The molecule has 0 bridgehead atoms. The first kappa shape index (κ1) is 10.9. The number of ether oxygens (including phenoxy) is 1. The zero-order valence-corrected chi connectivity index (χ0v) is 8.83. The molecule has 0 aromatic heterocycles. The second-order valence-electron chi connectivity index (χ2n) is 4.07. The van der Waals surface area contributed by atoms with Gasteiger partial charge in [0.05, 0.1) is 17.1 Å². The van der Waals surface area contributed by atoms with E-state index >= 15 is 0 Å². The Bertz CT molecular complexity index is 389. The number of rotatable bonds is 4. The zero-order chi connectivity index (χ0) is 11.5. The highest BCUT2D eigenvalue weighted by molar-refractivity contribution is 5.38. The van der Waals surface area contributed by atoms with Gasteiger partial charge in [0, 0.05) is 6.07 Å². The number of nitrogens with two attached hydrogens (primary N) is 1. The maximum atomic E-state index is 10.6. The second-order valence-corrected chi connectivity index (χ2v) is 4.07. The maximum Gasteiger partial charge on any atom is 0.273 e. The van der Waals surface area contributed by atoms with E-state index in [4.69, 9.17) is 10.5 Å². The van der Waals surface area contributed by atoms with Crippen molar-refractivity contribution in [3.05, 3.63) is 34.4 Å². The second kappa shape index (κ2) is 4.49. The largest absolute Gasteiger partial charge is 0.490 e. The summed E-state index contributed by atoms with van der Waals surface area (Å²) in [5, 5.41) is 10.6. The van der Waals surface area contributed by atoms with E-state index in [9.17, 15) is 10.1 Å². The molecular weight excluding hydrogens is 208 g/mol. The molecule has 0 unspecified atom stereocenters. The van der Waals surface area contributed by atoms with E-state index in [1.165, 1.54) is 12.1 Å². The third kappa shape index (κ3) is 2.30. The molecule has 0 aliphatic heterocycles. The van der Waals surface area contributed by atoms with Crippen molar-refractivity contribution in [1.29, 1.82) is 0 Å². The van der Waals surface area contributed by atoms with E-state index < -0.39 is 4.92 Å². The van der Waals surface area contributed by atoms with Crippen molar-refractivity contribution in [2.24, 2.45) is 11.7 Å². The number of non-ortho nitro benzene ring substituents is 1. The first-order chi connectivity index (χ1) is 7.69. The van der Waals surface area contributed by atoms with Crippen LogP contribution in [0.5, 0.6) is 5.75 Å². The smallest absolute Gasteiger partial charge is 0.273 e. The monoisotopic (exact) mass is 222 g/mol. The Morgan fingerprint density at radius 1 is 1.50 bits per heavy atom. The molecule has 86 valence electrons. The molecule has 0 radical (unpaired) electrons. The van der Waals surface area contributed by atoms with Crippen molar-refractivity contribution in [2.75, 3.05) is 6.54 Å². The van der Waals surface area contributed by atoms with Crippen LogP contribution in [0, 0.1) is 16.0 Å². The van der Waals surface area contributed by atoms with E-state index in [-0.39, 0.29) is 11.8 Å². The van der Waals surface area contributed by atoms with E-state index in [0.717, 1.165) is 12.8 Å². The van der Waals surface area contributed by atoms with Crippen LogP contribution in [0.4, 0.5) is 5.69 Å². The first-order valence-corrected chi connectivity index (χ1v) is 5.30. The van der Waals surface area contributed by atoms with Gasteiger partial charge < -0.3 is 10.5 Å². The Hall–Kier alpha value is -1.62. The summed E-state index contributed by atoms with van der Waals surface area (Å²) in [6, 6.07) is 6.28. The summed E-state index contributed by atoms with van der Waals surface area (Å²) < 4.78 is 5.61. The van der Waals surface area contributed by atoms with Crippen LogP contribution in [-0.2, 0) is 0 Å². The van der Waals surface area contributed by atoms with Crippen molar-refractivity contribution in [2.45, 2.75) is 18.9 Å². The Labute approximate surface area is 93.4 Å². The summed E-state index contributed by atoms with van der Waals surface area (Å²) in [4.78, 5) is 10.1. The molecule has 1 fully saturated rings. The molecule has 1 aliphatic carbocycles. The van der Waals surface area contributed by atoms with Gasteiger partial charge in [-0.3, -0.25) is 10.1 Å². The molecule has 5 nitrogen and oxygen atoms in total. The van der Waals surface area contributed by atoms with Gasteiger partial charge in [-0.1, -0.05) is 6.07 Å². The van der Waals surface area contributed by atoms with Crippen LogP contribution >= 0.6 is 0 Å². The molecule has 2 rings (SSSR count). The summed E-state index contributed by atoms with van der Waals surface area (Å²) in [6.45, 7) is 0.689. The fourth-order valence-corrected chi connectivity index (χ4v) is 1.83. The van der Waals surface area contributed by atoms with Gasteiger partial charge in [-0.05, 0) is 31.4 Å². The van der Waals surface area contributed by atoms with Gasteiger partial charge in [-0.25, -0.2) is 0 Å². The van der Waals surface area contributed by atoms with Gasteiger partial charge in [-0.2, -0.15) is 0 Å². The fourth-order valence-electron chi connectivity index (χ4n) is 1.83. The highest BCUT2D eigenvalue weighted by Gasteiger charge is 2.29. The molecule has 0 amide bonds. The maximum absolute atomic E-state index is 10.6. The average molecular weight is 222 g/mol. The van der Waals surface area contributed by atoms with Gasteiger partial charge in [0.2, 0.25) is 0 Å². The average Bonchev–Trinajstić information content (AvgIpc) is 2.23. The van der Waals surface area contributed by atoms with Crippen molar-refractivity contribution in [3.8, 4) is 5.75 Å². The molecular formula is C11H14N2O3. The Balaban J connectivity index is 1.95. The standard InChI is InChI=1S/C11H14N2O3/c12-7-8-4-11(5-8)16-10-3-1-2-9(6-10)13(14)15/h1-3,6,8,11H,4-5,7,12H2. The minimum atomic E-state index is -0.420. The number of hydrogen-bond acceptors (Lipinski definition) is 4. The van der Waals surface area contributed by atoms with Gasteiger partial charge >= 0.3 is 0 Å². The van der Waals surface area contributed by atoms with Crippen LogP contribution in [0.1, 0.15) is 12.8 Å². The highest BCUT2D eigenvalue weighted by Crippen LogP contribution is 2.31. The van der Waals surface area contributed by atoms with Gasteiger partial charge in [0.15, 0.2) is 0 Å². The highest BCUT2D eigenvalue weighted by atomic mass is 16.6. The number of nitro benzene ring substituents is 1. The summed E-state index contributed by atoms with van der Waals surface area (Å²) in [5.74, 6) is 1.11. The summed E-state index contributed by atoms with van der Waals surface area (Å²) in [7, 11) is 0. The third-order valence-corrected chi connectivity index (χ3v) is 2.86. The van der Waals surface area contributed by atoms with Crippen LogP contribution in [-0.4, -0.2) is 17.6 Å². The molecule has 0 spiro atoms. The topological polar surface area (TPSA) is 78.4 Å². The summed E-state index contributed by atoms with van der Waals surface area (Å²) in [5.41, 5.74) is 5.57. The third-order valence-electron chi connectivity index (χ3n) is 2.86. The van der Waals surface area contributed by atoms with Gasteiger partial charge in [0.1, 0.15) is 5.75 Å². The quantitative estimate of drug-likeness (QED) is 0.621. The lowest BCUT2D eigenvalue weighted by Crippen LogP contribution is -2.37. The SMILES string of the molecule is NCC1CC(Oc2cccc([N+](=O)[O-])c2)C1. The van der Waals surface area contributed by atoms with Crippen molar-refractivity contribution >= 4 is 5.69 Å². The van der Waals surface area contributed by atoms with E-state index in [2.05, 4.69) is 0 Å². The van der Waals surface area contributed by atoms with Gasteiger partial charge in [-0.15, -0.1) is 0 Å². The lowest BCUT2D eigenvalue weighted by Gasteiger charge is -2.34. The first-order valence-electron chi connectivity index (χ1n) is 5.30. The Morgan fingerprint density at radius 3 is 2.88 bits per heavy atom. The zero-order valence-electron chi connectivity index (χ0n) is 8.83. The van der Waals surface area contributed by atoms with Crippen LogP contribution in [0.3, 0.4) is 0 Å². The molecule has 16 heavy (non-hydrogen) atoms. The van der Waals surface area contributed by atoms with Crippen LogP contribution in [0.15, 0.2) is 24.3 Å². The van der Waals surface area contributed by atoms with E-state index in [0.29, 0.717) is 18.2 Å². The Morgan fingerprint density at radius 2 is 2.25 bits per heavy atom. The summed E-state index contributed by atoms with van der Waals surface area (Å²) >= 11 is 0. The predicted molar refractivity (Wildman–Crippen MR) is 59.3 cm³/mol. The number of hydrogen-bond donors (Lipinski definition) is 1. The minimum absolute atomic E-state index is 0.0622. The minimum Gasteiger partial charge on any atom is -0.490 e. The number of benzene rings is 1. The molecule has 5 heteroatoms. The van der Waals surface area contributed by atoms with Crippen molar-refractivity contribution < 1.29 is 9.66 Å². The normalized spacial score (nSPS) is 23.6. The lowest BCUT2D eigenvalue weighted by molar-refractivity contribution is -0.385. The number of nitrogens with zero attached hydrogens (tertiary/aromatic N) is 1. The van der Waals surface area contributed by atoms with Crippen molar-refractivity contribution in [1.82, 2.24) is 0 Å². The van der Waals surface area contributed by atoms with Crippen LogP contribution in [0.25, 0.3) is 0 Å². The fraction of sp³-hybridized carbons (Fsp3) is 0.455. The van der Waals surface area contributed by atoms with Crippen molar-refractivity contribution in [3.63, 3.8) is 0 Å². The molecule has 1 aromatic carbocycles. The predicted octanol–water partition coefficient (Wildman–Crippen LogP) is 1.71. The Kier molecular flexibility index (Phi) is 3.05. The van der Waals surface area contributed by atoms with Crippen LogP contribution < -0.4 is 10.5 Å². The van der Waals surface area contributed by atoms with E-state index in [1.54, 1.807) is 12.1 Å². The van der Waals surface area contributed by atoms with Gasteiger partial charge in [0.25, 0.3) is 5.69 Å². The van der Waals surface area contributed by atoms with E-state index in [1.807, 2.05) is 0 Å². The molecule has 0 heterocycles. The molecule has 1 saturated carbocycles. The lowest BCUT2D eigenvalue weighted by atomic mass is 9.82.